The van der Waals surface area contributed by atoms with Crippen molar-refractivity contribution in [2.24, 2.45) is 0 Å². The summed E-state index contributed by atoms with van der Waals surface area (Å²) in [7, 11) is 0. The van der Waals surface area contributed by atoms with E-state index in [1.54, 1.807) is 15.9 Å². The molecule has 0 saturated heterocycles. The van der Waals surface area contributed by atoms with Gasteiger partial charge in [-0.15, -0.1) is 16.4 Å². The monoisotopic (exact) mass is 287 g/mol. The summed E-state index contributed by atoms with van der Waals surface area (Å²) < 4.78 is 1.80. The molecule has 0 bridgehead atoms. The lowest BCUT2D eigenvalue weighted by molar-refractivity contribution is 0.842. The molecule has 0 amide bonds. The van der Waals surface area contributed by atoms with Gasteiger partial charge in [-0.2, -0.15) is 4.98 Å². The molecular weight excluding hydrogens is 270 g/mol. The summed E-state index contributed by atoms with van der Waals surface area (Å²) in [6.07, 6.45) is 4.87. The van der Waals surface area contributed by atoms with Gasteiger partial charge in [-0.25, -0.2) is 9.50 Å². The van der Waals surface area contributed by atoms with E-state index < -0.39 is 0 Å². The molecule has 3 aromatic heterocycles. The molecule has 0 fully saturated rings. The minimum Gasteiger partial charge on any atom is -0.344 e. The minimum absolute atomic E-state index is 0.109. The number of aromatic nitrogens is 4. The summed E-state index contributed by atoms with van der Waals surface area (Å²) in [6.45, 7) is 6.25. The van der Waals surface area contributed by atoms with Crippen molar-refractivity contribution in [2.75, 3.05) is 5.32 Å². The second-order valence-corrected chi connectivity index (χ2v) is 5.93. The minimum atomic E-state index is 0.109. The first-order valence-corrected chi connectivity index (χ1v) is 7.52. The predicted molar refractivity (Wildman–Crippen MR) is 81.3 cm³/mol. The highest BCUT2D eigenvalue weighted by atomic mass is 32.1. The number of rotatable bonds is 4. The maximum absolute atomic E-state index is 4.52. The molecule has 0 aliphatic rings. The second-order valence-electron chi connectivity index (χ2n) is 4.78. The van der Waals surface area contributed by atoms with Gasteiger partial charge in [0.05, 0.1) is 6.04 Å². The Morgan fingerprint density at radius 3 is 3.00 bits per heavy atom. The zero-order valence-electron chi connectivity index (χ0n) is 11.8. The number of aryl methyl sites for hydroxylation is 2. The molecule has 0 aliphatic heterocycles. The number of pyridine rings is 1. The molecule has 1 N–H and O–H groups in total. The molecule has 3 aromatic rings. The fraction of sp³-hybridized carbons (Fsp3) is 0.357. The molecule has 1 atom stereocenters. The third-order valence-corrected chi connectivity index (χ3v) is 4.52. The van der Waals surface area contributed by atoms with E-state index in [9.17, 15) is 0 Å². The molecule has 3 rings (SSSR count). The highest BCUT2D eigenvalue weighted by Crippen LogP contribution is 2.23. The van der Waals surface area contributed by atoms with Gasteiger partial charge in [0.15, 0.2) is 5.65 Å². The molecule has 0 saturated carbocycles. The third-order valence-electron chi connectivity index (χ3n) is 3.19. The van der Waals surface area contributed by atoms with Crippen LogP contribution >= 0.6 is 11.3 Å². The van der Waals surface area contributed by atoms with E-state index in [0.29, 0.717) is 5.95 Å². The zero-order chi connectivity index (χ0) is 14.1. The molecule has 104 valence electrons. The van der Waals surface area contributed by atoms with Crippen molar-refractivity contribution in [2.45, 2.75) is 33.2 Å². The van der Waals surface area contributed by atoms with E-state index in [0.717, 1.165) is 22.6 Å². The standard InChI is InChI=1S/C14H17N5S/c1-4-11-8-15-13(20-11)10(3)16-14-17-12-9(2)6-5-7-19(12)18-14/h5-8,10H,4H2,1-3H3,(H,16,18). The summed E-state index contributed by atoms with van der Waals surface area (Å²) in [4.78, 5) is 10.3. The summed E-state index contributed by atoms with van der Waals surface area (Å²) in [6, 6.07) is 4.11. The SMILES string of the molecule is CCc1cnc(C(C)Nc2nc3c(C)cccn3n2)s1. The van der Waals surface area contributed by atoms with E-state index >= 15 is 0 Å². The van der Waals surface area contributed by atoms with Crippen molar-refractivity contribution in [1.82, 2.24) is 19.6 Å². The third kappa shape index (κ3) is 2.38. The number of hydrogen-bond acceptors (Lipinski definition) is 5. The van der Waals surface area contributed by atoms with Crippen LogP contribution in [0.3, 0.4) is 0 Å². The molecule has 0 radical (unpaired) electrons. The van der Waals surface area contributed by atoms with E-state index in [1.807, 2.05) is 31.5 Å². The van der Waals surface area contributed by atoms with Crippen molar-refractivity contribution in [3.63, 3.8) is 0 Å². The van der Waals surface area contributed by atoms with E-state index in [4.69, 9.17) is 0 Å². The lowest BCUT2D eigenvalue weighted by atomic mass is 10.3. The van der Waals surface area contributed by atoms with Gasteiger partial charge in [0, 0.05) is 17.3 Å². The average molecular weight is 287 g/mol. The smallest absolute Gasteiger partial charge is 0.243 e. The van der Waals surface area contributed by atoms with E-state index in [1.165, 1.54) is 4.88 Å². The molecule has 0 aliphatic carbocycles. The summed E-state index contributed by atoms with van der Waals surface area (Å²) >= 11 is 1.73. The topological polar surface area (TPSA) is 55.1 Å². The van der Waals surface area contributed by atoms with Crippen LogP contribution in [0.5, 0.6) is 0 Å². The molecule has 1 unspecified atom stereocenters. The van der Waals surface area contributed by atoms with Gasteiger partial charge in [0.25, 0.3) is 0 Å². The van der Waals surface area contributed by atoms with Crippen LogP contribution in [0.4, 0.5) is 5.95 Å². The van der Waals surface area contributed by atoms with Gasteiger partial charge < -0.3 is 5.32 Å². The predicted octanol–water partition coefficient (Wildman–Crippen LogP) is 3.23. The lowest BCUT2D eigenvalue weighted by Gasteiger charge is -2.08. The molecule has 6 heteroatoms. The zero-order valence-corrected chi connectivity index (χ0v) is 12.6. The fourth-order valence-corrected chi connectivity index (χ4v) is 2.90. The highest BCUT2D eigenvalue weighted by molar-refractivity contribution is 7.11. The van der Waals surface area contributed by atoms with Crippen LogP contribution in [0.2, 0.25) is 0 Å². The Hall–Kier alpha value is -1.95. The molecule has 20 heavy (non-hydrogen) atoms. The van der Waals surface area contributed by atoms with Gasteiger partial charge in [0.2, 0.25) is 5.95 Å². The van der Waals surface area contributed by atoms with E-state index in [-0.39, 0.29) is 6.04 Å². The van der Waals surface area contributed by atoms with Crippen molar-refractivity contribution in [3.05, 3.63) is 40.0 Å². The molecular formula is C14H17N5S. The molecule has 5 nitrogen and oxygen atoms in total. The Bertz CT molecular complexity index is 730. The first-order chi connectivity index (χ1) is 9.67. The van der Waals surface area contributed by atoms with Crippen LogP contribution in [0, 0.1) is 6.92 Å². The first kappa shape index (κ1) is 13.1. The van der Waals surface area contributed by atoms with Crippen molar-refractivity contribution >= 4 is 22.9 Å². The normalized spacial score (nSPS) is 12.8. The number of anilines is 1. The molecule has 0 spiro atoms. The van der Waals surface area contributed by atoms with Crippen LogP contribution in [0.25, 0.3) is 5.65 Å². The Kier molecular flexibility index (Phi) is 3.40. The summed E-state index contributed by atoms with van der Waals surface area (Å²) in [5.74, 6) is 0.639. The van der Waals surface area contributed by atoms with E-state index in [2.05, 4.69) is 34.2 Å². The second kappa shape index (κ2) is 5.20. The number of nitrogens with one attached hydrogen (secondary N) is 1. The first-order valence-electron chi connectivity index (χ1n) is 6.70. The Balaban J connectivity index is 1.83. The lowest BCUT2D eigenvalue weighted by Crippen LogP contribution is -2.07. The molecule has 0 aromatic carbocycles. The maximum atomic E-state index is 4.52. The van der Waals surface area contributed by atoms with Gasteiger partial charge in [-0.3, -0.25) is 0 Å². The van der Waals surface area contributed by atoms with Crippen LogP contribution < -0.4 is 5.32 Å². The largest absolute Gasteiger partial charge is 0.344 e. The maximum Gasteiger partial charge on any atom is 0.243 e. The number of fused-ring (bicyclic) bond motifs is 1. The number of thiazole rings is 1. The van der Waals surface area contributed by atoms with Gasteiger partial charge in [-0.05, 0) is 31.9 Å². The van der Waals surface area contributed by atoms with Crippen molar-refractivity contribution in [1.29, 1.82) is 0 Å². The fourth-order valence-electron chi connectivity index (χ4n) is 2.04. The number of nitrogens with zero attached hydrogens (tertiary/aromatic N) is 4. The number of hydrogen-bond donors (Lipinski definition) is 1. The average Bonchev–Trinajstić information content (AvgIpc) is 3.05. The van der Waals surface area contributed by atoms with Crippen molar-refractivity contribution < 1.29 is 0 Å². The molecule has 3 heterocycles. The summed E-state index contributed by atoms with van der Waals surface area (Å²) in [5.41, 5.74) is 2.00. The summed E-state index contributed by atoms with van der Waals surface area (Å²) in [5, 5.41) is 8.82. The Labute approximate surface area is 121 Å². The highest BCUT2D eigenvalue weighted by Gasteiger charge is 2.13. The quantitative estimate of drug-likeness (QED) is 0.800. The van der Waals surface area contributed by atoms with Crippen LogP contribution in [-0.4, -0.2) is 19.6 Å². The van der Waals surface area contributed by atoms with Crippen LogP contribution in [0.15, 0.2) is 24.5 Å². The Morgan fingerprint density at radius 1 is 1.45 bits per heavy atom. The van der Waals surface area contributed by atoms with Gasteiger partial charge in [-0.1, -0.05) is 13.0 Å². The van der Waals surface area contributed by atoms with Gasteiger partial charge >= 0.3 is 0 Å². The van der Waals surface area contributed by atoms with Crippen molar-refractivity contribution in [3.8, 4) is 0 Å². The van der Waals surface area contributed by atoms with Crippen LogP contribution in [0.1, 0.15) is 35.3 Å². The van der Waals surface area contributed by atoms with Gasteiger partial charge in [0.1, 0.15) is 5.01 Å². The van der Waals surface area contributed by atoms with Crippen LogP contribution in [-0.2, 0) is 6.42 Å². The Morgan fingerprint density at radius 2 is 2.30 bits per heavy atom.